The summed E-state index contributed by atoms with van der Waals surface area (Å²) in [5, 5.41) is 1.25. The Bertz CT molecular complexity index is 1330. The van der Waals surface area contributed by atoms with Gasteiger partial charge in [0.25, 0.3) is 0 Å². The SMILES string of the molecule is CC(C)(C)c1ccc2c(c1)c(-c1ccccc1)c(-c1ccccc1)n2-c1ccccn1. The third-order valence-electron chi connectivity index (χ3n) is 5.82. The molecule has 0 aliphatic carbocycles. The lowest BCUT2D eigenvalue weighted by Crippen LogP contribution is -2.10. The van der Waals surface area contributed by atoms with Crippen LogP contribution in [0.3, 0.4) is 0 Å². The number of aromatic nitrogens is 2. The van der Waals surface area contributed by atoms with Crippen LogP contribution in [0.25, 0.3) is 39.1 Å². The number of pyridine rings is 1. The van der Waals surface area contributed by atoms with Crippen molar-refractivity contribution in [3.8, 4) is 28.2 Å². The van der Waals surface area contributed by atoms with Crippen molar-refractivity contribution in [3.05, 3.63) is 109 Å². The molecule has 0 N–H and O–H groups in total. The Morgan fingerprint density at radius 3 is 1.94 bits per heavy atom. The minimum Gasteiger partial charge on any atom is -0.293 e. The van der Waals surface area contributed by atoms with E-state index in [1.54, 1.807) is 0 Å². The lowest BCUT2D eigenvalue weighted by Gasteiger charge is -2.19. The molecule has 0 fully saturated rings. The fraction of sp³-hybridized carbons (Fsp3) is 0.138. The maximum absolute atomic E-state index is 4.73. The second-order valence-electron chi connectivity index (χ2n) is 8.96. The zero-order valence-electron chi connectivity index (χ0n) is 18.2. The maximum atomic E-state index is 4.73. The van der Waals surface area contributed by atoms with Crippen LogP contribution < -0.4 is 0 Å². The molecule has 2 heterocycles. The number of hydrogen-bond donors (Lipinski definition) is 0. The summed E-state index contributed by atoms with van der Waals surface area (Å²) in [7, 11) is 0. The van der Waals surface area contributed by atoms with Crippen LogP contribution in [-0.4, -0.2) is 9.55 Å². The Kier molecular flexibility index (Phi) is 4.71. The van der Waals surface area contributed by atoms with E-state index in [9.17, 15) is 0 Å². The standard InChI is InChI=1S/C29H26N2/c1-29(2,3)23-17-18-25-24(20-23)27(21-12-6-4-7-13-21)28(22-14-8-5-9-15-22)31(25)26-16-10-11-19-30-26/h4-20H,1-3H3. The molecular weight excluding hydrogens is 376 g/mol. The van der Waals surface area contributed by atoms with Gasteiger partial charge in [0.2, 0.25) is 0 Å². The largest absolute Gasteiger partial charge is 0.293 e. The first kappa shape index (κ1) is 19.3. The molecule has 0 unspecified atom stereocenters. The predicted molar refractivity (Wildman–Crippen MR) is 131 cm³/mol. The molecule has 0 saturated heterocycles. The first-order valence-corrected chi connectivity index (χ1v) is 10.8. The zero-order chi connectivity index (χ0) is 21.4. The molecule has 0 bridgehead atoms. The molecule has 0 saturated carbocycles. The summed E-state index contributed by atoms with van der Waals surface area (Å²) < 4.78 is 2.30. The molecule has 5 rings (SSSR count). The van der Waals surface area contributed by atoms with Crippen molar-refractivity contribution >= 4 is 10.9 Å². The highest BCUT2D eigenvalue weighted by molar-refractivity contribution is 6.06. The number of benzene rings is 3. The van der Waals surface area contributed by atoms with Crippen LogP contribution in [0.1, 0.15) is 26.3 Å². The molecule has 0 spiro atoms. The van der Waals surface area contributed by atoms with Crippen LogP contribution in [0, 0.1) is 0 Å². The van der Waals surface area contributed by atoms with Crippen molar-refractivity contribution in [2.24, 2.45) is 0 Å². The molecule has 31 heavy (non-hydrogen) atoms. The minimum atomic E-state index is 0.0716. The van der Waals surface area contributed by atoms with Crippen LogP contribution in [0.2, 0.25) is 0 Å². The van der Waals surface area contributed by atoms with E-state index < -0.39 is 0 Å². The van der Waals surface area contributed by atoms with E-state index in [1.165, 1.54) is 38.9 Å². The van der Waals surface area contributed by atoms with Gasteiger partial charge >= 0.3 is 0 Å². The van der Waals surface area contributed by atoms with Gasteiger partial charge in [0.05, 0.1) is 11.2 Å². The van der Waals surface area contributed by atoms with Crippen molar-refractivity contribution in [2.75, 3.05) is 0 Å². The van der Waals surface area contributed by atoms with Gasteiger partial charge in [0.15, 0.2) is 0 Å². The van der Waals surface area contributed by atoms with Crippen molar-refractivity contribution in [1.82, 2.24) is 9.55 Å². The van der Waals surface area contributed by atoms with E-state index in [0.29, 0.717) is 0 Å². The first-order chi connectivity index (χ1) is 15.0. The van der Waals surface area contributed by atoms with Crippen LogP contribution in [0.15, 0.2) is 103 Å². The van der Waals surface area contributed by atoms with Gasteiger partial charge in [0, 0.05) is 17.1 Å². The predicted octanol–water partition coefficient (Wildman–Crippen LogP) is 7.66. The van der Waals surface area contributed by atoms with E-state index in [1.807, 2.05) is 12.3 Å². The van der Waals surface area contributed by atoms with E-state index in [2.05, 4.69) is 116 Å². The van der Waals surface area contributed by atoms with Crippen LogP contribution in [0.5, 0.6) is 0 Å². The summed E-state index contributed by atoms with van der Waals surface area (Å²) in [6, 6.07) is 34.3. The van der Waals surface area contributed by atoms with Crippen molar-refractivity contribution < 1.29 is 0 Å². The Balaban J connectivity index is 1.97. The molecule has 2 aromatic heterocycles. The second-order valence-corrected chi connectivity index (χ2v) is 8.96. The summed E-state index contributed by atoms with van der Waals surface area (Å²) in [6.07, 6.45) is 1.86. The number of hydrogen-bond acceptors (Lipinski definition) is 1. The van der Waals surface area contributed by atoms with Gasteiger partial charge in [-0.05, 0) is 46.4 Å². The number of nitrogens with zero attached hydrogens (tertiary/aromatic N) is 2. The second kappa shape index (κ2) is 7.55. The van der Waals surface area contributed by atoms with Gasteiger partial charge in [0.1, 0.15) is 5.82 Å². The molecule has 5 aromatic rings. The van der Waals surface area contributed by atoms with Gasteiger partial charge in [-0.3, -0.25) is 4.57 Å². The number of rotatable bonds is 3. The van der Waals surface area contributed by atoms with Crippen LogP contribution in [0.4, 0.5) is 0 Å². The molecule has 2 heteroatoms. The molecule has 3 aromatic carbocycles. The van der Waals surface area contributed by atoms with E-state index >= 15 is 0 Å². The highest BCUT2D eigenvalue weighted by atomic mass is 15.1. The molecule has 0 amide bonds. The maximum Gasteiger partial charge on any atom is 0.137 e. The Hall–Kier alpha value is -3.65. The fourth-order valence-electron chi connectivity index (χ4n) is 4.25. The zero-order valence-corrected chi connectivity index (χ0v) is 18.2. The number of fused-ring (bicyclic) bond motifs is 1. The summed E-state index contributed by atoms with van der Waals surface area (Å²) >= 11 is 0. The fourth-order valence-corrected chi connectivity index (χ4v) is 4.25. The lowest BCUT2D eigenvalue weighted by atomic mass is 9.85. The summed E-state index contributed by atoms with van der Waals surface area (Å²) in [5.41, 5.74) is 7.39. The smallest absolute Gasteiger partial charge is 0.137 e. The Morgan fingerprint density at radius 2 is 1.32 bits per heavy atom. The first-order valence-electron chi connectivity index (χ1n) is 10.8. The summed E-state index contributed by atoms with van der Waals surface area (Å²) in [4.78, 5) is 4.73. The van der Waals surface area contributed by atoms with Gasteiger partial charge in [-0.2, -0.15) is 0 Å². The molecule has 0 atom stereocenters. The van der Waals surface area contributed by atoms with Crippen LogP contribution in [-0.2, 0) is 5.41 Å². The van der Waals surface area contributed by atoms with Gasteiger partial charge in [-0.15, -0.1) is 0 Å². The summed E-state index contributed by atoms with van der Waals surface area (Å²) in [5.74, 6) is 0.928. The monoisotopic (exact) mass is 402 g/mol. The average molecular weight is 403 g/mol. The van der Waals surface area contributed by atoms with E-state index in [-0.39, 0.29) is 5.41 Å². The van der Waals surface area contributed by atoms with Crippen molar-refractivity contribution in [1.29, 1.82) is 0 Å². The minimum absolute atomic E-state index is 0.0716. The molecular formula is C29H26N2. The van der Waals surface area contributed by atoms with Gasteiger partial charge in [-0.25, -0.2) is 4.98 Å². The normalized spacial score (nSPS) is 11.7. The van der Waals surface area contributed by atoms with Crippen molar-refractivity contribution in [3.63, 3.8) is 0 Å². The average Bonchev–Trinajstić information content (AvgIpc) is 3.15. The van der Waals surface area contributed by atoms with Gasteiger partial charge in [-0.1, -0.05) is 93.6 Å². The summed E-state index contributed by atoms with van der Waals surface area (Å²) in [6.45, 7) is 6.80. The third kappa shape index (κ3) is 3.44. The van der Waals surface area contributed by atoms with Gasteiger partial charge < -0.3 is 0 Å². The molecule has 152 valence electrons. The molecule has 0 aliphatic heterocycles. The third-order valence-corrected chi connectivity index (χ3v) is 5.82. The molecule has 0 radical (unpaired) electrons. The quantitative estimate of drug-likeness (QED) is 0.303. The highest BCUT2D eigenvalue weighted by Gasteiger charge is 2.23. The van der Waals surface area contributed by atoms with Crippen LogP contribution >= 0.6 is 0 Å². The van der Waals surface area contributed by atoms with E-state index in [4.69, 9.17) is 4.98 Å². The molecule has 0 aliphatic rings. The highest BCUT2D eigenvalue weighted by Crippen LogP contribution is 2.43. The topological polar surface area (TPSA) is 17.8 Å². The van der Waals surface area contributed by atoms with Crippen molar-refractivity contribution in [2.45, 2.75) is 26.2 Å². The van der Waals surface area contributed by atoms with E-state index in [0.717, 1.165) is 5.82 Å². The Labute approximate surface area is 183 Å². The lowest BCUT2D eigenvalue weighted by molar-refractivity contribution is 0.591. The Morgan fingerprint density at radius 1 is 0.677 bits per heavy atom. The molecule has 2 nitrogen and oxygen atoms in total.